The number of hydrogen-bond donors (Lipinski definition) is 2. The van der Waals surface area contributed by atoms with E-state index in [9.17, 15) is 20.0 Å². The van der Waals surface area contributed by atoms with Gasteiger partial charge in [-0.2, -0.15) is 0 Å². The molecule has 7 nitrogen and oxygen atoms in total. The monoisotopic (exact) mass is 332 g/mol. The first-order chi connectivity index (χ1) is 8.79. The fraction of sp³-hybridized carbons (Fsp3) is 0.364. The molecule has 1 atom stereocenters. The number of carbonyl (C=O) groups excluding carboxylic acids is 1. The molecule has 104 valence electrons. The summed E-state index contributed by atoms with van der Waals surface area (Å²) < 4.78 is 4.68. The van der Waals surface area contributed by atoms with Crippen molar-refractivity contribution in [1.82, 2.24) is 0 Å². The first-order valence-corrected chi connectivity index (χ1v) is 6.07. The van der Waals surface area contributed by atoms with Crippen molar-refractivity contribution in [3.63, 3.8) is 0 Å². The molecule has 3 N–H and O–H groups in total. The first kappa shape index (κ1) is 15.4. The van der Waals surface area contributed by atoms with Crippen LogP contribution < -0.4 is 5.73 Å². The normalized spacial score (nSPS) is 12.0. The number of nitro benzene ring substituents is 1. The summed E-state index contributed by atoms with van der Waals surface area (Å²) in [5.74, 6) is -0.818. The fourth-order valence-electron chi connectivity index (χ4n) is 1.59. The van der Waals surface area contributed by atoms with Crippen molar-refractivity contribution in [2.45, 2.75) is 19.4 Å². The van der Waals surface area contributed by atoms with E-state index in [-0.39, 0.29) is 27.9 Å². The molecular formula is C11H13BrN2O5. The number of nitrogens with two attached hydrogens (primary N) is 1. The second kappa shape index (κ2) is 5.98. The molecule has 0 aromatic heterocycles. The molecule has 0 radical (unpaired) electrons. The molecular weight excluding hydrogens is 320 g/mol. The van der Waals surface area contributed by atoms with E-state index in [1.54, 1.807) is 0 Å². The summed E-state index contributed by atoms with van der Waals surface area (Å²) in [6.45, 7) is 1.51. The Morgan fingerprint density at radius 1 is 1.68 bits per heavy atom. The van der Waals surface area contributed by atoms with E-state index >= 15 is 0 Å². The lowest BCUT2D eigenvalue weighted by Crippen LogP contribution is -2.33. The number of aromatic hydroxyl groups is 1. The van der Waals surface area contributed by atoms with E-state index < -0.39 is 16.9 Å². The molecule has 0 saturated heterocycles. The molecule has 0 amide bonds. The average Bonchev–Trinajstić information content (AvgIpc) is 2.37. The van der Waals surface area contributed by atoms with Crippen LogP contribution >= 0.6 is 15.9 Å². The molecule has 0 aliphatic rings. The van der Waals surface area contributed by atoms with Crippen molar-refractivity contribution in [1.29, 1.82) is 0 Å². The quantitative estimate of drug-likeness (QED) is 0.489. The summed E-state index contributed by atoms with van der Waals surface area (Å²) in [7, 11) is 1.19. The van der Waals surface area contributed by atoms with Gasteiger partial charge in [0.1, 0.15) is 11.8 Å². The van der Waals surface area contributed by atoms with Crippen LogP contribution in [0.25, 0.3) is 0 Å². The highest BCUT2D eigenvalue weighted by molar-refractivity contribution is 9.10. The third-order valence-electron chi connectivity index (χ3n) is 2.68. The number of ether oxygens (including phenoxy) is 1. The SMILES string of the molecule is COC(=O)C(N)Cc1cc([N+](=O)[O-])c(C)c(Br)c1O. The lowest BCUT2D eigenvalue weighted by Gasteiger charge is -2.12. The lowest BCUT2D eigenvalue weighted by atomic mass is 10.0. The topological polar surface area (TPSA) is 116 Å². The van der Waals surface area contributed by atoms with Crippen molar-refractivity contribution in [2.24, 2.45) is 5.73 Å². The van der Waals surface area contributed by atoms with E-state index in [0.717, 1.165) is 0 Å². The smallest absolute Gasteiger partial charge is 0.322 e. The number of methoxy groups -OCH3 is 1. The van der Waals surface area contributed by atoms with Gasteiger partial charge < -0.3 is 15.6 Å². The van der Waals surface area contributed by atoms with E-state index in [1.165, 1.54) is 20.1 Å². The fourth-order valence-corrected chi connectivity index (χ4v) is 2.05. The van der Waals surface area contributed by atoms with Crippen LogP contribution in [0.1, 0.15) is 11.1 Å². The van der Waals surface area contributed by atoms with Gasteiger partial charge in [0.15, 0.2) is 0 Å². The van der Waals surface area contributed by atoms with Gasteiger partial charge in [0, 0.05) is 23.6 Å². The molecule has 19 heavy (non-hydrogen) atoms. The Morgan fingerprint density at radius 3 is 2.74 bits per heavy atom. The van der Waals surface area contributed by atoms with Gasteiger partial charge in [-0.1, -0.05) is 0 Å². The van der Waals surface area contributed by atoms with Gasteiger partial charge in [-0.05, 0) is 22.9 Å². The van der Waals surface area contributed by atoms with Crippen molar-refractivity contribution in [3.8, 4) is 5.75 Å². The Labute approximate surface area is 117 Å². The van der Waals surface area contributed by atoms with Crippen LogP contribution in [0.2, 0.25) is 0 Å². The zero-order valence-electron chi connectivity index (χ0n) is 10.3. The Kier molecular flexibility index (Phi) is 4.84. The Bertz CT molecular complexity index is 532. The van der Waals surface area contributed by atoms with Gasteiger partial charge in [-0.3, -0.25) is 14.9 Å². The lowest BCUT2D eigenvalue weighted by molar-refractivity contribution is -0.385. The number of esters is 1. The zero-order chi connectivity index (χ0) is 14.7. The summed E-state index contributed by atoms with van der Waals surface area (Å²) in [5, 5.41) is 20.8. The van der Waals surface area contributed by atoms with Gasteiger partial charge >= 0.3 is 5.97 Å². The highest BCUT2D eigenvalue weighted by Crippen LogP contribution is 2.37. The maximum Gasteiger partial charge on any atom is 0.322 e. The number of nitro groups is 1. The number of benzene rings is 1. The number of halogens is 1. The molecule has 1 unspecified atom stereocenters. The Balaban J connectivity index is 3.22. The molecule has 0 aliphatic heterocycles. The second-order valence-corrected chi connectivity index (χ2v) is 4.73. The van der Waals surface area contributed by atoms with Crippen LogP contribution in [-0.2, 0) is 16.0 Å². The summed E-state index contributed by atoms with van der Waals surface area (Å²) in [5.41, 5.74) is 5.93. The molecule has 0 heterocycles. The predicted octanol–water partition coefficient (Wildman–Crippen LogP) is 1.41. The van der Waals surface area contributed by atoms with Crippen LogP contribution in [0.4, 0.5) is 5.69 Å². The molecule has 0 spiro atoms. The van der Waals surface area contributed by atoms with Crippen LogP contribution in [0, 0.1) is 17.0 Å². The van der Waals surface area contributed by atoms with Crippen LogP contribution in [-0.4, -0.2) is 29.2 Å². The third kappa shape index (κ3) is 3.21. The van der Waals surface area contributed by atoms with E-state index in [1.807, 2.05) is 0 Å². The number of phenolic OH excluding ortho intramolecular Hbond substituents is 1. The van der Waals surface area contributed by atoms with Crippen molar-refractivity contribution in [2.75, 3.05) is 7.11 Å². The number of rotatable bonds is 4. The van der Waals surface area contributed by atoms with E-state index in [0.29, 0.717) is 5.56 Å². The number of carbonyl (C=O) groups is 1. The highest BCUT2D eigenvalue weighted by atomic mass is 79.9. The third-order valence-corrected chi connectivity index (χ3v) is 3.65. The van der Waals surface area contributed by atoms with Gasteiger partial charge in [-0.15, -0.1) is 0 Å². The van der Waals surface area contributed by atoms with Gasteiger partial charge in [0.05, 0.1) is 16.5 Å². The maximum absolute atomic E-state index is 11.2. The average molecular weight is 333 g/mol. The van der Waals surface area contributed by atoms with Crippen molar-refractivity contribution >= 4 is 27.6 Å². The largest absolute Gasteiger partial charge is 0.506 e. The molecule has 1 aromatic carbocycles. The molecule has 0 saturated carbocycles. The predicted molar refractivity (Wildman–Crippen MR) is 70.9 cm³/mol. The summed E-state index contributed by atoms with van der Waals surface area (Å²) in [6.07, 6.45) is -0.0573. The molecule has 1 aromatic rings. The molecule has 1 rings (SSSR count). The minimum Gasteiger partial charge on any atom is -0.506 e. The summed E-state index contributed by atoms with van der Waals surface area (Å²) >= 11 is 3.08. The Hall–Kier alpha value is -1.67. The summed E-state index contributed by atoms with van der Waals surface area (Å²) in [6, 6.07) is 0.211. The summed E-state index contributed by atoms with van der Waals surface area (Å²) in [4.78, 5) is 21.6. The minimum absolute atomic E-state index is 0.0573. The van der Waals surface area contributed by atoms with Crippen LogP contribution in [0.15, 0.2) is 10.5 Å². The maximum atomic E-state index is 11.2. The molecule has 8 heteroatoms. The number of phenols is 1. The minimum atomic E-state index is -0.995. The molecule has 0 fully saturated rings. The van der Waals surface area contributed by atoms with Crippen LogP contribution in [0.3, 0.4) is 0 Å². The standard InChI is InChI=1S/C11H13BrN2O5/c1-5-8(14(17)18)4-6(10(15)9(5)12)3-7(13)11(16)19-2/h4,7,15H,3,13H2,1-2H3. The Morgan fingerprint density at radius 2 is 2.26 bits per heavy atom. The van der Waals surface area contributed by atoms with Crippen molar-refractivity contribution < 1.29 is 19.6 Å². The zero-order valence-corrected chi connectivity index (χ0v) is 11.9. The molecule has 0 bridgehead atoms. The number of hydrogen-bond acceptors (Lipinski definition) is 6. The van der Waals surface area contributed by atoms with Crippen LogP contribution in [0.5, 0.6) is 5.75 Å². The highest BCUT2D eigenvalue weighted by Gasteiger charge is 2.23. The van der Waals surface area contributed by atoms with Gasteiger partial charge in [0.25, 0.3) is 5.69 Å². The first-order valence-electron chi connectivity index (χ1n) is 5.28. The van der Waals surface area contributed by atoms with E-state index in [4.69, 9.17) is 5.73 Å². The molecule has 0 aliphatic carbocycles. The van der Waals surface area contributed by atoms with Crippen molar-refractivity contribution in [3.05, 3.63) is 31.8 Å². The number of nitrogens with zero attached hydrogens (tertiary/aromatic N) is 1. The van der Waals surface area contributed by atoms with Gasteiger partial charge in [-0.25, -0.2) is 0 Å². The van der Waals surface area contributed by atoms with Gasteiger partial charge in [0.2, 0.25) is 0 Å². The van der Waals surface area contributed by atoms with E-state index in [2.05, 4.69) is 20.7 Å². The second-order valence-electron chi connectivity index (χ2n) is 3.93.